The van der Waals surface area contributed by atoms with E-state index >= 15 is 0 Å². The highest BCUT2D eigenvalue weighted by atomic mass is 16.5. The summed E-state index contributed by atoms with van der Waals surface area (Å²) >= 11 is 0. The van der Waals surface area contributed by atoms with Crippen LogP contribution in [-0.4, -0.2) is 17.1 Å². The first kappa shape index (κ1) is 18.7. The van der Waals surface area contributed by atoms with Gasteiger partial charge in [-0.1, -0.05) is 23.4 Å². The zero-order chi connectivity index (χ0) is 20.1. The van der Waals surface area contributed by atoms with E-state index in [-0.39, 0.29) is 12.5 Å². The van der Waals surface area contributed by atoms with E-state index in [9.17, 15) is 4.79 Å². The first-order valence-corrected chi connectivity index (χ1v) is 10.9. The second-order valence-corrected chi connectivity index (χ2v) is 9.51. The molecule has 1 N–H and O–H groups in total. The lowest BCUT2D eigenvalue weighted by atomic mass is 9.54. The Kier molecular flexibility index (Phi) is 4.64. The number of rotatable bonds is 5. The van der Waals surface area contributed by atoms with Crippen molar-refractivity contribution in [3.63, 3.8) is 0 Å². The van der Waals surface area contributed by atoms with E-state index in [4.69, 9.17) is 9.26 Å². The molecule has 4 aliphatic carbocycles. The molecular weight excluding hydrogens is 364 g/mol. The van der Waals surface area contributed by atoms with Gasteiger partial charge < -0.3 is 14.6 Å². The Bertz CT molecular complexity index is 884. The molecule has 0 aliphatic heterocycles. The maximum Gasteiger partial charge on any atom is 0.274 e. The van der Waals surface area contributed by atoms with Crippen molar-refractivity contribution in [2.24, 2.45) is 23.7 Å². The van der Waals surface area contributed by atoms with Gasteiger partial charge in [0.25, 0.3) is 5.91 Å². The van der Waals surface area contributed by atoms with E-state index < -0.39 is 0 Å². The molecule has 5 heteroatoms. The summed E-state index contributed by atoms with van der Waals surface area (Å²) < 4.78 is 11.5. The van der Waals surface area contributed by atoms with Crippen LogP contribution in [0.4, 0.5) is 0 Å². The van der Waals surface area contributed by atoms with Crippen LogP contribution in [0.1, 0.15) is 65.0 Å². The Morgan fingerprint density at radius 3 is 2.31 bits per heavy atom. The van der Waals surface area contributed by atoms with Crippen LogP contribution in [0, 0.1) is 44.4 Å². The van der Waals surface area contributed by atoms with E-state index in [0.29, 0.717) is 29.3 Å². The molecule has 0 saturated heterocycles. The van der Waals surface area contributed by atoms with Crippen LogP contribution < -0.4 is 10.1 Å². The van der Waals surface area contributed by atoms with Crippen LogP contribution in [0.25, 0.3) is 0 Å². The molecule has 29 heavy (non-hydrogen) atoms. The van der Waals surface area contributed by atoms with Crippen molar-refractivity contribution in [2.75, 3.05) is 0 Å². The molecule has 1 amide bonds. The van der Waals surface area contributed by atoms with Gasteiger partial charge in [-0.3, -0.25) is 4.79 Å². The standard InChI is InChI=1S/C24H30N2O3/c1-13-5-4-6-14(2)23(13)28-12-20-15(3)29-26-22(20)24(27)25-21-18-8-16-7-17(10-18)11-19(21)9-16/h4-6,16-19,21H,7-12H2,1-3H3,(H,25,27). The average Bonchev–Trinajstić information content (AvgIpc) is 3.04. The number of nitrogens with one attached hydrogen (secondary N) is 1. The zero-order valence-electron chi connectivity index (χ0n) is 17.5. The molecule has 4 aliphatic rings. The summed E-state index contributed by atoms with van der Waals surface area (Å²) in [4.78, 5) is 13.1. The SMILES string of the molecule is Cc1cccc(C)c1OCc1c(C(=O)NC2C3CC4CC(C3)CC2C4)noc1C. The second-order valence-electron chi connectivity index (χ2n) is 9.51. The molecule has 2 aromatic rings. The summed E-state index contributed by atoms with van der Waals surface area (Å²) in [6.07, 6.45) is 6.52. The quantitative estimate of drug-likeness (QED) is 0.796. The highest BCUT2D eigenvalue weighted by molar-refractivity contribution is 5.94. The van der Waals surface area contributed by atoms with Crippen LogP contribution in [0.15, 0.2) is 22.7 Å². The van der Waals surface area contributed by atoms with Gasteiger partial charge in [-0.25, -0.2) is 0 Å². The first-order chi connectivity index (χ1) is 14.0. The number of aryl methyl sites for hydroxylation is 3. The third kappa shape index (κ3) is 3.34. The minimum atomic E-state index is -0.112. The normalized spacial score (nSPS) is 29.8. The number of benzene rings is 1. The van der Waals surface area contributed by atoms with Gasteiger partial charge >= 0.3 is 0 Å². The van der Waals surface area contributed by atoms with Gasteiger partial charge in [0, 0.05) is 6.04 Å². The number of aromatic nitrogens is 1. The van der Waals surface area contributed by atoms with Crippen LogP contribution in [0.2, 0.25) is 0 Å². The fourth-order valence-electron chi connectivity index (χ4n) is 6.29. The number of nitrogens with zero attached hydrogens (tertiary/aromatic N) is 1. The summed E-state index contributed by atoms with van der Waals surface area (Å²) in [6.45, 7) is 6.19. The number of carbonyl (C=O) groups excluding carboxylic acids is 1. The van der Waals surface area contributed by atoms with Crippen molar-refractivity contribution < 1.29 is 14.1 Å². The van der Waals surface area contributed by atoms with Crippen LogP contribution in [0.3, 0.4) is 0 Å². The Hall–Kier alpha value is -2.30. The van der Waals surface area contributed by atoms with Gasteiger partial charge in [-0.05, 0) is 87.7 Å². The van der Waals surface area contributed by atoms with E-state index in [1.807, 2.05) is 39.0 Å². The molecule has 1 aromatic carbocycles. The largest absolute Gasteiger partial charge is 0.488 e. The highest BCUT2D eigenvalue weighted by Crippen LogP contribution is 2.53. The molecule has 1 heterocycles. The molecule has 4 fully saturated rings. The lowest BCUT2D eigenvalue weighted by Gasteiger charge is -2.54. The molecule has 4 saturated carbocycles. The fourth-order valence-corrected chi connectivity index (χ4v) is 6.29. The molecule has 0 unspecified atom stereocenters. The van der Waals surface area contributed by atoms with Crippen LogP contribution in [-0.2, 0) is 6.61 Å². The van der Waals surface area contributed by atoms with Crippen LogP contribution >= 0.6 is 0 Å². The highest BCUT2D eigenvalue weighted by Gasteiger charge is 2.48. The van der Waals surface area contributed by atoms with Crippen LogP contribution in [0.5, 0.6) is 5.75 Å². The minimum absolute atomic E-state index is 0.112. The number of hydrogen-bond acceptors (Lipinski definition) is 4. The van der Waals surface area contributed by atoms with Crippen molar-refractivity contribution in [1.82, 2.24) is 10.5 Å². The predicted molar refractivity (Wildman–Crippen MR) is 110 cm³/mol. The molecule has 0 spiro atoms. The Balaban J connectivity index is 1.31. The molecule has 6 rings (SSSR count). The number of amides is 1. The van der Waals surface area contributed by atoms with Gasteiger partial charge in [0.15, 0.2) is 5.69 Å². The van der Waals surface area contributed by atoms with Gasteiger partial charge in [0.1, 0.15) is 18.1 Å². The van der Waals surface area contributed by atoms with Gasteiger partial charge in [-0.15, -0.1) is 0 Å². The van der Waals surface area contributed by atoms with E-state index in [1.54, 1.807) is 0 Å². The third-order valence-corrected chi connectivity index (χ3v) is 7.49. The monoisotopic (exact) mass is 394 g/mol. The summed E-state index contributed by atoms with van der Waals surface area (Å²) in [6, 6.07) is 6.37. The summed E-state index contributed by atoms with van der Waals surface area (Å²) in [5.41, 5.74) is 3.29. The third-order valence-electron chi connectivity index (χ3n) is 7.49. The maximum absolute atomic E-state index is 13.1. The number of hydrogen-bond donors (Lipinski definition) is 1. The predicted octanol–water partition coefficient (Wildman–Crippen LogP) is 4.73. The van der Waals surface area contributed by atoms with Crippen molar-refractivity contribution >= 4 is 5.91 Å². The molecule has 0 atom stereocenters. The summed E-state index contributed by atoms with van der Waals surface area (Å²) in [5.74, 6) is 4.45. The number of para-hydroxylation sites is 1. The van der Waals surface area contributed by atoms with Crippen molar-refractivity contribution in [3.8, 4) is 5.75 Å². The zero-order valence-corrected chi connectivity index (χ0v) is 17.5. The van der Waals surface area contributed by atoms with Crippen molar-refractivity contribution in [2.45, 2.75) is 65.5 Å². The van der Waals surface area contributed by atoms with E-state index in [0.717, 1.165) is 34.3 Å². The Morgan fingerprint density at radius 2 is 1.69 bits per heavy atom. The van der Waals surface area contributed by atoms with E-state index in [2.05, 4.69) is 10.5 Å². The fraction of sp³-hybridized carbons (Fsp3) is 0.583. The molecular formula is C24H30N2O3. The van der Waals surface area contributed by atoms with Gasteiger partial charge in [0.05, 0.1) is 5.56 Å². The first-order valence-electron chi connectivity index (χ1n) is 10.9. The van der Waals surface area contributed by atoms with Crippen molar-refractivity contribution in [1.29, 1.82) is 0 Å². The Labute approximate surface area is 172 Å². The molecule has 154 valence electrons. The molecule has 1 aromatic heterocycles. The minimum Gasteiger partial charge on any atom is -0.488 e. The Morgan fingerprint density at radius 1 is 1.07 bits per heavy atom. The molecule has 4 bridgehead atoms. The van der Waals surface area contributed by atoms with E-state index in [1.165, 1.54) is 32.1 Å². The maximum atomic E-state index is 13.1. The second kappa shape index (κ2) is 7.19. The lowest BCUT2D eigenvalue weighted by Crippen LogP contribution is -2.55. The number of ether oxygens (including phenoxy) is 1. The molecule has 5 nitrogen and oxygen atoms in total. The summed E-state index contributed by atoms with van der Waals surface area (Å²) in [7, 11) is 0. The number of carbonyl (C=O) groups is 1. The summed E-state index contributed by atoms with van der Waals surface area (Å²) in [5, 5.41) is 7.42. The lowest BCUT2D eigenvalue weighted by molar-refractivity contribution is -0.0120. The topological polar surface area (TPSA) is 64.4 Å². The smallest absolute Gasteiger partial charge is 0.274 e. The van der Waals surface area contributed by atoms with Gasteiger partial charge in [-0.2, -0.15) is 0 Å². The average molecular weight is 395 g/mol. The molecule has 0 radical (unpaired) electrons. The van der Waals surface area contributed by atoms with Crippen molar-refractivity contribution in [3.05, 3.63) is 46.3 Å². The van der Waals surface area contributed by atoms with Gasteiger partial charge in [0.2, 0.25) is 0 Å².